The quantitative estimate of drug-likeness (QED) is 0.0351. The van der Waals surface area contributed by atoms with Crippen molar-refractivity contribution >= 4 is 19.8 Å². The van der Waals surface area contributed by atoms with Gasteiger partial charge in [-0.15, -0.1) is 0 Å². The van der Waals surface area contributed by atoms with Crippen molar-refractivity contribution in [1.29, 1.82) is 0 Å². The summed E-state index contributed by atoms with van der Waals surface area (Å²) in [6.45, 7) is 3.19. The number of carbonyl (C=O) groups excluding carboxylic acids is 2. The van der Waals surface area contributed by atoms with E-state index in [1.807, 2.05) is 21.1 Å². The minimum atomic E-state index is -4.57. The SMILES string of the molecule is CCCCCCCCCCCCCCCCCCCCCC(=O)OC(COC(C)=O)COP(=O)([O-])OCC[N+](C)(C)C. The number of quaternary nitrogens is 1. The number of ether oxygens (including phenoxy) is 2. The van der Waals surface area contributed by atoms with Crippen LogP contribution in [0.2, 0.25) is 0 Å². The van der Waals surface area contributed by atoms with Crippen LogP contribution in [-0.2, 0) is 32.7 Å². The molecule has 0 aromatic heterocycles. The molecule has 0 N–H and O–H groups in total. The Hall–Kier alpha value is -0.990. The van der Waals surface area contributed by atoms with Crippen molar-refractivity contribution in [2.45, 2.75) is 148 Å². The maximum absolute atomic E-state index is 12.3. The molecule has 0 rings (SSSR count). The zero-order valence-corrected chi connectivity index (χ0v) is 28.6. The normalized spacial score (nSPS) is 14.0. The lowest BCUT2D eigenvalue weighted by atomic mass is 10.0. The summed E-state index contributed by atoms with van der Waals surface area (Å²) < 4.78 is 32.6. The summed E-state index contributed by atoms with van der Waals surface area (Å²) in [7, 11) is 1.16. The van der Waals surface area contributed by atoms with Crippen molar-refractivity contribution in [1.82, 2.24) is 0 Å². The van der Waals surface area contributed by atoms with Crippen molar-refractivity contribution in [3.8, 4) is 0 Å². The molecular weight excluding hydrogens is 557 g/mol. The first kappa shape index (κ1) is 41.0. The maximum atomic E-state index is 12.3. The molecule has 0 radical (unpaired) electrons. The molecule has 9 nitrogen and oxygen atoms in total. The van der Waals surface area contributed by atoms with Gasteiger partial charge in [-0.25, -0.2) is 0 Å². The summed E-state index contributed by atoms with van der Waals surface area (Å²) in [5.41, 5.74) is 0. The average Bonchev–Trinajstić information content (AvgIpc) is 2.90. The van der Waals surface area contributed by atoms with E-state index in [0.29, 0.717) is 17.4 Å². The Bertz CT molecular complexity index is 713. The number of hydrogen-bond donors (Lipinski definition) is 0. The van der Waals surface area contributed by atoms with Crippen LogP contribution >= 0.6 is 7.82 Å². The number of esters is 2. The maximum Gasteiger partial charge on any atom is 0.306 e. The fourth-order valence-electron chi connectivity index (χ4n) is 4.56. The second kappa shape index (κ2) is 26.4. The molecule has 42 heavy (non-hydrogen) atoms. The van der Waals surface area contributed by atoms with Crippen LogP contribution in [0.4, 0.5) is 0 Å². The molecule has 0 fully saturated rings. The molecule has 0 saturated carbocycles. The number of phosphoric ester groups is 1. The van der Waals surface area contributed by atoms with Crippen LogP contribution in [0.3, 0.4) is 0 Å². The van der Waals surface area contributed by atoms with Crippen molar-refractivity contribution in [3.63, 3.8) is 0 Å². The lowest BCUT2D eigenvalue weighted by molar-refractivity contribution is -0.870. The molecule has 0 amide bonds. The van der Waals surface area contributed by atoms with Crippen LogP contribution in [0.25, 0.3) is 0 Å². The van der Waals surface area contributed by atoms with E-state index in [1.54, 1.807) is 0 Å². The Labute approximate surface area is 257 Å². The molecule has 0 heterocycles. The summed E-state index contributed by atoms with van der Waals surface area (Å²) in [4.78, 5) is 35.5. The number of unbranched alkanes of at least 4 members (excludes halogenated alkanes) is 18. The summed E-state index contributed by atoms with van der Waals surface area (Å²) >= 11 is 0. The number of nitrogens with zero attached hydrogens (tertiary/aromatic N) is 1. The van der Waals surface area contributed by atoms with E-state index in [-0.39, 0.29) is 19.6 Å². The van der Waals surface area contributed by atoms with E-state index in [0.717, 1.165) is 12.8 Å². The van der Waals surface area contributed by atoms with Gasteiger partial charge in [-0.3, -0.25) is 14.2 Å². The molecule has 0 aliphatic heterocycles. The number of carbonyl (C=O) groups is 2. The lowest BCUT2D eigenvalue weighted by Gasteiger charge is -2.28. The number of rotatable bonds is 30. The summed E-state index contributed by atoms with van der Waals surface area (Å²) in [6, 6.07) is 0. The van der Waals surface area contributed by atoms with Crippen LogP contribution in [0.5, 0.6) is 0 Å². The first-order chi connectivity index (χ1) is 19.9. The van der Waals surface area contributed by atoms with Crippen molar-refractivity contribution in [3.05, 3.63) is 0 Å². The van der Waals surface area contributed by atoms with Crippen LogP contribution in [0.15, 0.2) is 0 Å². The Kier molecular flexibility index (Phi) is 25.8. The van der Waals surface area contributed by atoms with Crippen molar-refractivity contribution in [2.75, 3.05) is 47.5 Å². The lowest BCUT2D eigenvalue weighted by Crippen LogP contribution is -2.37. The monoisotopic (exact) mass is 621 g/mol. The van der Waals surface area contributed by atoms with E-state index in [2.05, 4.69) is 6.92 Å². The predicted molar refractivity (Wildman–Crippen MR) is 167 cm³/mol. The fourth-order valence-corrected chi connectivity index (χ4v) is 5.29. The molecule has 0 aliphatic rings. The van der Waals surface area contributed by atoms with Crippen LogP contribution < -0.4 is 4.89 Å². The van der Waals surface area contributed by atoms with Gasteiger partial charge in [0, 0.05) is 13.3 Å². The third kappa shape index (κ3) is 30.5. The smallest absolute Gasteiger partial charge is 0.306 e. The average molecular weight is 622 g/mol. The van der Waals surface area contributed by atoms with Gasteiger partial charge in [0.15, 0.2) is 6.10 Å². The summed E-state index contributed by atoms with van der Waals surface area (Å²) in [5.74, 6) is -1.02. The number of hydrogen-bond acceptors (Lipinski definition) is 8. The van der Waals surface area contributed by atoms with Gasteiger partial charge < -0.3 is 27.9 Å². The molecule has 250 valence electrons. The Morgan fingerprint density at radius 1 is 0.690 bits per heavy atom. The molecule has 0 aromatic carbocycles. The molecule has 2 atom stereocenters. The molecule has 0 aliphatic carbocycles. The molecule has 0 spiro atoms. The van der Waals surface area contributed by atoms with Crippen LogP contribution in [0.1, 0.15) is 142 Å². The molecule has 0 aromatic rings. The standard InChI is InChI=1S/C32H64NO8P/c1-6-7-8-9-10-11-12-13-14-15-16-17-18-19-20-21-22-23-24-25-32(35)41-31(28-38-30(2)34)29-40-42(36,37)39-27-26-33(3,4)5/h31H,6-29H2,1-5H3. The van der Waals surface area contributed by atoms with Gasteiger partial charge >= 0.3 is 11.9 Å². The van der Waals surface area contributed by atoms with E-state index in [9.17, 15) is 19.0 Å². The van der Waals surface area contributed by atoms with E-state index in [1.165, 1.54) is 110 Å². The Morgan fingerprint density at radius 2 is 1.12 bits per heavy atom. The molecule has 10 heteroatoms. The van der Waals surface area contributed by atoms with Gasteiger partial charge in [0.25, 0.3) is 7.82 Å². The van der Waals surface area contributed by atoms with Gasteiger partial charge in [0.2, 0.25) is 0 Å². The molecule has 0 saturated heterocycles. The topological polar surface area (TPSA) is 111 Å². The third-order valence-electron chi connectivity index (χ3n) is 7.19. The molecule has 0 bridgehead atoms. The zero-order valence-electron chi connectivity index (χ0n) is 27.7. The second-order valence-electron chi connectivity index (χ2n) is 12.6. The predicted octanol–water partition coefficient (Wildman–Crippen LogP) is 7.49. The summed E-state index contributed by atoms with van der Waals surface area (Å²) in [5, 5.41) is 0. The largest absolute Gasteiger partial charge is 0.756 e. The van der Waals surface area contributed by atoms with Crippen molar-refractivity contribution in [2.24, 2.45) is 0 Å². The second-order valence-corrected chi connectivity index (χ2v) is 14.0. The number of likely N-dealkylation sites (N-methyl/N-ethyl adjacent to an activating group) is 1. The minimum Gasteiger partial charge on any atom is -0.756 e. The number of phosphoric acid groups is 1. The van der Waals surface area contributed by atoms with Gasteiger partial charge in [0.1, 0.15) is 19.8 Å². The first-order valence-electron chi connectivity index (χ1n) is 16.7. The van der Waals surface area contributed by atoms with E-state index < -0.39 is 32.5 Å². The van der Waals surface area contributed by atoms with E-state index in [4.69, 9.17) is 18.5 Å². The third-order valence-corrected chi connectivity index (χ3v) is 8.15. The Balaban J connectivity index is 3.84. The Morgan fingerprint density at radius 3 is 1.52 bits per heavy atom. The molecule has 2 unspecified atom stereocenters. The highest BCUT2D eigenvalue weighted by Gasteiger charge is 2.21. The van der Waals surface area contributed by atoms with Crippen LogP contribution in [-0.4, -0.2) is 70.0 Å². The van der Waals surface area contributed by atoms with Gasteiger partial charge in [-0.05, 0) is 6.42 Å². The first-order valence-corrected chi connectivity index (χ1v) is 18.1. The highest BCUT2D eigenvalue weighted by atomic mass is 31.2. The highest BCUT2D eigenvalue weighted by molar-refractivity contribution is 7.45. The highest BCUT2D eigenvalue weighted by Crippen LogP contribution is 2.38. The molecular formula is C32H64NO8P. The van der Waals surface area contributed by atoms with E-state index >= 15 is 0 Å². The van der Waals surface area contributed by atoms with Gasteiger partial charge in [-0.2, -0.15) is 0 Å². The van der Waals surface area contributed by atoms with Gasteiger partial charge in [0.05, 0.1) is 27.7 Å². The fraction of sp³-hybridized carbons (Fsp3) is 0.938. The van der Waals surface area contributed by atoms with Crippen LogP contribution in [0, 0.1) is 0 Å². The summed E-state index contributed by atoms with van der Waals surface area (Å²) in [6.07, 6.45) is 23.6. The van der Waals surface area contributed by atoms with Crippen molar-refractivity contribution < 1.29 is 42.1 Å². The van der Waals surface area contributed by atoms with Gasteiger partial charge in [-0.1, -0.05) is 122 Å². The minimum absolute atomic E-state index is 0.0297. The zero-order chi connectivity index (χ0) is 31.5.